The van der Waals surface area contributed by atoms with Gasteiger partial charge in [0, 0.05) is 4.88 Å². The van der Waals surface area contributed by atoms with Crippen molar-refractivity contribution in [1.82, 2.24) is 10.2 Å². The number of nitrogens with one attached hydrogen (secondary N) is 1. The molecule has 0 unspecified atom stereocenters. The minimum Gasteiger partial charge on any atom is -0.410 e. The minimum absolute atomic E-state index is 0.125. The molecule has 1 aliphatic carbocycles. The molecule has 0 spiro atoms. The second-order valence-corrected chi connectivity index (χ2v) is 8.84. The van der Waals surface area contributed by atoms with Gasteiger partial charge in [0.25, 0.3) is 11.1 Å². The van der Waals surface area contributed by atoms with Gasteiger partial charge in [0.05, 0.1) is 21.9 Å². The van der Waals surface area contributed by atoms with Gasteiger partial charge >= 0.3 is 0 Å². The number of fused-ring (bicyclic) bond motifs is 1. The van der Waals surface area contributed by atoms with Gasteiger partial charge in [-0.25, -0.2) is 0 Å². The molecule has 1 amide bonds. The average Bonchev–Trinajstić information content (AvgIpc) is 3.33. The molecule has 3 aromatic rings. The lowest BCUT2D eigenvalue weighted by atomic mass is 9.90. The first-order valence-electron chi connectivity index (χ1n) is 8.99. The summed E-state index contributed by atoms with van der Waals surface area (Å²) >= 11 is 2.90. The SMILES string of the molecule is C[C@@H]1CCc2sc(-c3nnc(SCC(=O)Nc4ccccc4C#N)o3)cc2C1. The third-order valence-electron chi connectivity index (χ3n) is 4.59. The molecule has 28 heavy (non-hydrogen) atoms. The molecule has 0 fully saturated rings. The van der Waals surface area contributed by atoms with Crippen LogP contribution in [0.3, 0.4) is 0 Å². The van der Waals surface area contributed by atoms with Crippen LogP contribution in [0.5, 0.6) is 0 Å². The van der Waals surface area contributed by atoms with Crippen LogP contribution < -0.4 is 5.32 Å². The first-order valence-corrected chi connectivity index (χ1v) is 10.8. The Kier molecular flexibility index (Phi) is 5.46. The van der Waals surface area contributed by atoms with Crippen molar-refractivity contribution in [2.75, 3.05) is 11.1 Å². The van der Waals surface area contributed by atoms with Crippen molar-refractivity contribution >= 4 is 34.7 Å². The van der Waals surface area contributed by atoms with Crippen LogP contribution in [0.1, 0.15) is 29.3 Å². The number of carbonyl (C=O) groups excluding carboxylic acids is 1. The van der Waals surface area contributed by atoms with E-state index >= 15 is 0 Å². The van der Waals surface area contributed by atoms with E-state index in [0.29, 0.717) is 28.3 Å². The summed E-state index contributed by atoms with van der Waals surface area (Å²) in [5.41, 5.74) is 2.32. The molecule has 2 aromatic heterocycles. The van der Waals surface area contributed by atoms with E-state index in [1.54, 1.807) is 35.6 Å². The molecule has 142 valence electrons. The van der Waals surface area contributed by atoms with Crippen LogP contribution in [-0.2, 0) is 17.6 Å². The molecule has 2 heterocycles. The Labute approximate surface area is 171 Å². The van der Waals surface area contributed by atoms with Gasteiger partial charge in [-0.2, -0.15) is 5.26 Å². The number of anilines is 1. The van der Waals surface area contributed by atoms with Crippen LogP contribution in [0.4, 0.5) is 5.69 Å². The van der Waals surface area contributed by atoms with Crippen molar-refractivity contribution in [3.63, 3.8) is 0 Å². The first kappa shape index (κ1) is 18.7. The number of aromatic nitrogens is 2. The highest BCUT2D eigenvalue weighted by atomic mass is 32.2. The van der Waals surface area contributed by atoms with Gasteiger partial charge in [-0.1, -0.05) is 30.8 Å². The predicted octanol–water partition coefficient (Wildman–Crippen LogP) is 4.53. The van der Waals surface area contributed by atoms with Gasteiger partial charge < -0.3 is 9.73 Å². The third-order valence-corrected chi connectivity index (χ3v) is 6.64. The highest BCUT2D eigenvalue weighted by Crippen LogP contribution is 2.37. The topological polar surface area (TPSA) is 91.8 Å². The molecule has 0 saturated heterocycles. The fourth-order valence-electron chi connectivity index (χ4n) is 3.18. The van der Waals surface area contributed by atoms with Crippen LogP contribution in [0.15, 0.2) is 40.0 Å². The molecular weight excluding hydrogens is 392 g/mol. The quantitative estimate of drug-likeness (QED) is 0.622. The van der Waals surface area contributed by atoms with E-state index in [1.165, 1.54) is 28.6 Å². The number of aryl methyl sites for hydroxylation is 1. The molecule has 1 atom stereocenters. The maximum Gasteiger partial charge on any atom is 0.277 e. The number of amides is 1. The molecule has 6 nitrogen and oxygen atoms in total. The van der Waals surface area contributed by atoms with Gasteiger partial charge in [-0.3, -0.25) is 4.79 Å². The van der Waals surface area contributed by atoms with E-state index in [-0.39, 0.29) is 11.7 Å². The maximum atomic E-state index is 12.2. The maximum absolute atomic E-state index is 12.2. The Morgan fingerprint density at radius 2 is 2.29 bits per heavy atom. The Hall–Kier alpha value is -2.63. The zero-order chi connectivity index (χ0) is 19.5. The standard InChI is InChI=1S/C20H18N4O2S2/c1-12-6-7-16-14(8-12)9-17(28-16)19-23-24-20(26-19)27-11-18(25)22-15-5-3-2-4-13(15)10-21/h2-5,9,12H,6-8,11H2,1H3,(H,22,25)/t12-/m1/s1. The summed E-state index contributed by atoms with van der Waals surface area (Å²) in [6, 6.07) is 11.1. The minimum atomic E-state index is -0.229. The highest BCUT2D eigenvalue weighted by molar-refractivity contribution is 7.99. The molecule has 4 rings (SSSR count). The van der Waals surface area contributed by atoms with Gasteiger partial charge in [-0.05, 0) is 48.9 Å². The average molecular weight is 411 g/mol. The van der Waals surface area contributed by atoms with E-state index in [9.17, 15) is 4.79 Å². The largest absolute Gasteiger partial charge is 0.410 e. The molecule has 1 N–H and O–H groups in total. The number of hydrogen-bond donors (Lipinski definition) is 1. The van der Waals surface area contributed by atoms with Crippen molar-refractivity contribution in [2.45, 2.75) is 31.4 Å². The molecular formula is C20H18N4O2S2. The molecule has 1 aromatic carbocycles. The number of nitriles is 1. The lowest BCUT2D eigenvalue weighted by Gasteiger charge is -2.16. The first-order chi connectivity index (χ1) is 13.6. The van der Waals surface area contributed by atoms with Crippen LogP contribution >= 0.6 is 23.1 Å². The summed E-state index contributed by atoms with van der Waals surface area (Å²) in [7, 11) is 0. The summed E-state index contributed by atoms with van der Waals surface area (Å²) in [5.74, 6) is 1.12. The van der Waals surface area contributed by atoms with Crippen LogP contribution in [0.25, 0.3) is 10.8 Å². The Bertz CT molecular complexity index is 1050. The Morgan fingerprint density at radius 1 is 1.43 bits per heavy atom. The second kappa shape index (κ2) is 8.17. The van der Waals surface area contributed by atoms with E-state index in [4.69, 9.17) is 9.68 Å². The van der Waals surface area contributed by atoms with Crippen LogP contribution in [0.2, 0.25) is 0 Å². The van der Waals surface area contributed by atoms with E-state index in [0.717, 1.165) is 17.7 Å². The smallest absolute Gasteiger partial charge is 0.277 e. The van der Waals surface area contributed by atoms with Crippen molar-refractivity contribution in [1.29, 1.82) is 5.26 Å². The van der Waals surface area contributed by atoms with Crippen molar-refractivity contribution < 1.29 is 9.21 Å². The van der Waals surface area contributed by atoms with Crippen molar-refractivity contribution in [3.8, 4) is 16.8 Å². The number of rotatable bonds is 5. The fourth-order valence-corrected chi connectivity index (χ4v) is 4.87. The summed E-state index contributed by atoms with van der Waals surface area (Å²) in [6.45, 7) is 2.28. The number of hydrogen-bond acceptors (Lipinski definition) is 7. The van der Waals surface area contributed by atoms with E-state index < -0.39 is 0 Å². The monoisotopic (exact) mass is 410 g/mol. The zero-order valence-electron chi connectivity index (χ0n) is 15.3. The van der Waals surface area contributed by atoms with Gasteiger partial charge in [-0.15, -0.1) is 21.5 Å². The second-order valence-electron chi connectivity index (χ2n) is 6.77. The van der Waals surface area contributed by atoms with Gasteiger partial charge in [0.1, 0.15) is 6.07 Å². The fraction of sp³-hybridized carbons (Fsp3) is 0.300. The highest BCUT2D eigenvalue weighted by Gasteiger charge is 2.21. The Morgan fingerprint density at radius 3 is 3.14 bits per heavy atom. The van der Waals surface area contributed by atoms with E-state index in [1.807, 2.05) is 0 Å². The third kappa shape index (κ3) is 4.11. The molecule has 1 aliphatic rings. The summed E-state index contributed by atoms with van der Waals surface area (Å²) < 4.78 is 5.74. The number of carbonyl (C=O) groups is 1. The number of nitrogens with zero attached hydrogens (tertiary/aromatic N) is 3. The lowest BCUT2D eigenvalue weighted by Crippen LogP contribution is -2.14. The lowest BCUT2D eigenvalue weighted by molar-refractivity contribution is -0.113. The zero-order valence-corrected chi connectivity index (χ0v) is 16.9. The van der Waals surface area contributed by atoms with Crippen LogP contribution in [-0.4, -0.2) is 21.9 Å². The van der Waals surface area contributed by atoms with Crippen LogP contribution in [0, 0.1) is 17.2 Å². The molecule has 0 radical (unpaired) electrons. The summed E-state index contributed by atoms with van der Waals surface area (Å²) in [4.78, 5) is 14.6. The van der Waals surface area contributed by atoms with Gasteiger partial charge in [0.15, 0.2) is 0 Å². The van der Waals surface area contributed by atoms with Crippen molar-refractivity contribution in [2.24, 2.45) is 5.92 Å². The normalized spacial score (nSPS) is 15.6. The molecule has 0 aliphatic heterocycles. The van der Waals surface area contributed by atoms with Crippen molar-refractivity contribution in [3.05, 3.63) is 46.3 Å². The molecule has 0 bridgehead atoms. The number of para-hydroxylation sites is 1. The predicted molar refractivity (Wildman–Crippen MR) is 109 cm³/mol. The number of thioether (sulfide) groups is 1. The van der Waals surface area contributed by atoms with Gasteiger partial charge in [0.2, 0.25) is 5.91 Å². The Balaban J connectivity index is 1.38. The van der Waals surface area contributed by atoms with E-state index in [2.05, 4.69) is 34.6 Å². The summed E-state index contributed by atoms with van der Waals surface area (Å²) in [5, 5.41) is 20.4. The molecule has 0 saturated carbocycles. The summed E-state index contributed by atoms with van der Waals surface area (Å²) in [6.07, 6.45) is 3.44. The molecule has 8 heteroatoms. The number of thiophene rings is 1. The number of benzene rings is 1.